The first kappa shape index (κ1) is 19.6. The number of rotatable bonds is 8. The molecule has 0 unspecified atom stereocenters. The monoisotopic (exact) mass is 398 g/mol. The lowest BCUT2D eigenvalue weighted by Gasteiger charge is -2.16. The van der Waals surface area contributed by atoms with E-state index in [0.717, 1.165) is 17.3 Å². The average molecular weight is 398 g/mol. The Balaban J connectivity index is 1.56. The van der Waals surface area contributed by atoms with E-state index in [0.29, 0.717) is 17.9 Å². The summed E-state index contributed by atoms with van der Waals surface area (Å²) in [6.45, 7) is 0. The van der Waals surface area contributed by atoms with Crippen LogP contribution in [0.5, 0.6) is 0 Å². The third kappa shape index (κ3) is 5.40. The SMILES string of the molecule is COC(=O)[C@@H](Cc1ccccc1)NC(=O)CSc1nnc(-c2cccnc2)o1. The van der Waals surface area contributed by atoms with E-state index in [-0.39, 0.29) is 16.9 Å². The minimum absolute atomic E-state index is 0.0248. The highest BCUT2D eigenvalue weighted by molar-refractivity contribution is 7.99. The maximum Gasteiger partial charge on any atom is 0.328 e. The molecule has 0 spiro atoms. The lowest BCUT2D eigenvalue weighted by atomic mass is 10.1. The molecule has 1 amide bonds. The number of benzene rings is 1. The number of hydrogen-bond acceptors (Lipinski definition) is 8. The average Bonchev–Trinajstić information content (AvgIpc) is 3.22. The van der Waals surface area contributed by atoms with Crippen LogP contribution in [-0.2, 0) is 20.7 Å². The molecule has 144 valence electrons. The van der Waals surface area contributed by atoms with Crippen molar-refractivity contribution in [2.45, 2.75) is 17.7 Å². The Morgan fingerprint density at radius 2 is 2.00 bits per heavy atom. The summed E-state index contributed by atoms with van der Waals surface area (Å²) in [5, 5.41) is 10.8. The van der Waals surface area contributed by atoms with E-state index in [2.05, 4.69) is 20.5 Å². The summed E-state index contributed by atoms with van der Waals surface area (Å²) in [5.74, 6) is -0.486. The molecular formula is C19H18N4O4S. The maximum atomic E-state index is 12.3. The molecule has 0 aliphatic rings. The number of pyridine rings is 1. The zero-order valence-electron chi connectivity index (χ0n) is 15.1. The van der Waals surface area contributed by atoms with Crippen LogP contribution in [0, 0.1) is 0 Å². The fraction of sp³-hybridized carbons (Fsp3) is 0.211. The topological polar surface area (TPSA) is 107 Å². The van der Waals surface area contributed by atoms with E-state index < -0.39 is 12.0 Å². The van der Waals surface area contributed by atoms with Crippen molar-refractivity contribution in [2.75, 3.05) is 12.9 Å². The molecule has 8 nitrogen and oxygen atoms in total. The van der Waals surface area contributed by atoms with Gasteiger partial charge in [-0.25, -0.2) is 4.79 Å². The van der Waals surface area contributed by atoms with Gasteiger partial charge >= 0.3 is 5.97 Å². The first-order valence-corrected chi connectivity index (χ1v) is 9.42. The van der Waals surface area contributed by atoms with Crippen molar-refractivity contribution in [1.29, 1.82) is 0 Å². The van der Waals surface area contributed by atoms with Crippen LogP contribution in [0.15, 0.2) is 64.5 Å². The van der Waals surface area contributed by atoms with E-state index in [4.69, 9.17) is 9.15 Å². The van der Waals surface area contributed by atoms with Crippen molar-refractivity contribution < 1.29 is 18.7 Å². The number of esters is 1. The van der Waals surface area contributed by atoms with Gasteiger partial charge in [0.2, 0.25) is 11.8 Å². The summed E-state index contributed by atoms with van der Waals surface area (Å²) in [6, 6.07) is 12.2. The minimum Gasteiger partial charge on any atom is -0.467 e. The van der Waals surface area contributed by atoms with E-state index in [1.807, 2.05) is 30.3 Å². The van der Waals surface area contributed by atoms with Crippen LogP contribution < -0.4 is 5.32 Å². The smallest absolute Gasteiger partial charge is 0.328 e. The van der Waals surface area contributed by atoms with Crippen molar-refractivity contribution in [1.82, 2.24) is 20.5 Å². The molecule has 1 N–H and O–H groups in total. The van der Waals surface area contributed by atoms with Gasteiger partial charge in [0.1, 0.15) is 6.04 Å². The predicted molar refractivity (Wildman–Crippen MR) is 102 cm³/mol. The van der Waals surface area contributed by atoms with E-state index in [1.165, 1.54) is 7.11 Å². The summed E-state index contributed by atoms with van der Waals surface area (Å²) >= 11 is 1.09. The Labute approximate surface area is 165 Å². The Morgan fingerprint density at radius 3 is 2.71 bits per heavy atom. The van der Waals surface area contributed by atoms with Gasteiger partial charge < -0.3 is 14.5 Å². The van der Waals surface area contributed by atoms with Gasteiger partial charge in [0.25, 0.3) is 5.22 Å². The standard InChI is InChI=1S/C19H18N4O4S/c1-26-18(25)15(10-13-6-3-2-4-7-13)21-16(24)12-28-19-23-22-17(27-19)14-8-5-9-20-11-14/h2-9,11,15H,10,12H2,1H3,(H,21,24)/t15-/m1/s1. The largest absolute Gasteiger partial charge is 0.467 e. The van der Waals surface area contributed by atoms with Crippen LogP contribution in [0.1, 0.15) is 5.56 Å². The van der Waals surface area contributed by atoms with Gasteiger partial charge in [0.05, 0.1) is 18.4 Å². The molecule has 0 bridgehead atoms. The van der Waals surface area contributed by atoms with Crippen molar-refractivity contribution in [2.24, 2.45) is 0 Å². The molecule has 0 saturated carbocycles. The van der Waals surface area contributed by atoms with E-state index >= 15 is 0 Å². The molecule has 0 radical (unpaired) electrons. The lowest BCUT2D eigenvalue weighted by Crippen LogP contribution is -2.43. The number of hydrogen-bond donors (Lipinski definition) is 1. The molecule has 2 heterocycles. The van der Waals surface area contributed by atoms with Gasteiger partial charge in [0.15, 0.2) is 0 Å². The van der Waals surface area contributed by atoms with Crippen molar-refractivity contribution in [3.05, 3.63) is 60.4 Å². The quantitative estimate of drug-likeness (QED) is 0.454. The summed E-state index contributed by atoms with van der Waals surface area (Å²) in [7, 11) is 1.29. The first-order valence-electron chi connectivity index (χ1n) is 8.43. The van der Waals surface area contributed by atoms with Gasteiger partial charge in [-0.1, -0.05) is 42.1 Å². The highest BCUT2D eigenvalue weighted by atomic mass is 32.2. The summed E-state index contributed by atoms with van der Waals surface area (Å²) in [5.41, 5.74) is 1.61. The third-order valence-corrected chi connectivity index (χ3v) is 4.56. The highest BCUT2D eigenvalue weighted by Gasteiger charge is 2.22. The van der Waals surface area contributed by atoms with Crippen LogP contribution in [0.3, 0.4) is 0 Å². The lowest BCUT2D eigenvalue weighted by molar-refractivity contribution is -0.144. The number of amides is 1. The van der Waals surface area contributed by atoms with E-state index in [9.17, 15) is 9.59 Å². The van der Waals surface area contributed by atoms with Crippen LogP contribution in [0.4, 0.5) is 0 Å². The molecular weight excluding hydrogens is 380 g/mol. The molecule has 1 atom stereocenters. The second-order valence-electron chi connectivity index (χ2n) is 5.74. The van der Waals surface area contributed by atoms with Crippen LogP contribution >= 0.6 is 11.8 Å². The number of nitrogens with zero attached hydrogens (tertiary/aromatic N) is 3. The number of carbonyl (C=O) groups excluding carboxylic acids is 2. The molecule has 0 aliphatic carbocycles. The molecule has 9 heteroatoms. The number of ether oxygens (including phenoxy) is 1. The normalized spacial score (nSPS) is 11.6. The van der Waals surface area contributed by atoms with Gasteiger partial charge in [0, 0.05) is 18.8 Å². The molecule has 3 aromatic rings. The van der Waals surface area contributed by atoms with Crippen molar-refractivity contribution >= 4 is 23.6 Å². The van der Waals surface area contributed by atoms with Crippen LogP contribution in [0.25, 0.3) is 11.5 Å². The van der Waals surface area contributed by atoms with Gasteiger partial charge in [-0.05, 0) is 17.7 Å². The molecule has 0 fully saturated rings. The molecule has 28 heavy (non-hydrogen) atoms. The molecule has 3 rings (SSSR count). The number of aromatic nitrogens is 3. The van der Waals surface area contributed by atoms with E-state index in [1.54, 1.807) is 24.5 Å². The molecule has 0 aliphatic heterocycles. The second kappa shape index (κ2) is 9.65. The van der Waals surface area contributed by atoms with Gasteiger partial charge in [-0.15, -0.1) is 10.2 Å². The second-order valence-corrected chi connectivity index (χ2v) is 6.66. The summed E-state index contributed by atoms with van der Waals surface area (Å²) in [4.78, 5) is 28.3. The Kier molecular flexibility index (Phi) is 6.74. The third-order valence-electron chi connectivity index (χ3n) is 3.75. The maximum absolute atomic E-state index is 12.3. The number of thioether (sulfide) groups is 1. The molecule has 0 saturated heterocycles. The number of carbonyl (C=O) groups is 2. The number of methoxy groups -OCH3 is 1. The van der Waals surface area contributed by atoms with Crippen LogP contribution in [0.2, 0.25) is 0 Å². The fourth-order valence-electron chi connectivity index (χ4n) is 2.42. The highest BCUT2D eigenvalue weighted by Crippen LogP contribution is 2.22. The van der Waals surface area contributed by atoms with Crippen molar-refractivity contribution in [3.63, 3.8) is 0 Å². The molecule has 2 aromatic heterocycles. The molecule has 1 aromatic carbocycles. The van der Waals surface area contributed by atoms with Gasteiger partial charge in [-0.3, -0.25) is 9.78 Å². The van der Waals surface area contributed by atoms with Gasteiger partial charge in [-0.2, -0.15) is 0 Å². The summed E-state index contributed by atoms with van der Waals surface area (Å²) < 4.78 is 10.3. The first-order chi connectivity index (χ1) is 13.7. The Bertz CT molecular complexity index is 918. The Morgan fingerprint density at radius 1 is 1.18 bits per heavy atom. The van der Waals surface area contributed by atoms with Crippen LogP contribution in [-0.4, -0.2) is 46.0 Å². The predicted octanol–water partition coefficient (Wildman–Crippen LogP) is 2.12. The summed E-state index contributed by atoms with van der Waals surface area (Å²) in [6.07, 6.45) is 3.60. The van der Waals surface area contributed by atoms with Crippen molar-refractivity contribution in [3.8, 4) is 11.5 Å². The Hall–Kier alpha value is -3.20. The number of nitrogens with one attached hydrogen (secondary N) is 1. The fourth-order valence-corrected chi connectivity index (χ4v) is 3.00. The zero-order valence-corrected chi connectivity index (χ0v) is 15.9. The zero-order chi connectivity index (χ0) is 19.8. The minimum atomic E-state index is -0.769.